The number of thioether (sulfide) groups is 1. The number of fused-ring (bicyclic) bond motifs is 3. The molecule has 0 N–H and O–H groups in total. The highest BCUT2D eigenvalue weighted by molar-refractivity contribution is 8.04. The first-order valence-electron chi connectivity index (χ1n) is 10.6. The maximum absolute atomic E-state index is 3.44. The molecule has 0 heterocycles. The van der Waals surface area contributed by atoms with E-state index in [0.717, 1.165) is 29.6 Å². The molecule has 0 saturated heterocycles. The van der Waals surface area contributed by atoms with E-state index >= 15 is 0 Å². The van der Waals surface area contributed by atoms with Gasteiger partial charge in [-0.05, 0) is 83.3 Å². The topological polar surface area (TPSA) is 0 Å². The van der Waals surface area contributed by atoms with Crippen LogP contribution in [0, 0.1) is 40.4 Å². The maximum Gasteiger partial charge on any atom is -0.0295 e. The smallest absolute Gasteiger partial charge is 0.0295 e. The fourth-order valence-corrected chi connectivity index (χ4v) is 6.88. The molecular formula is C24H42S. The van der Waals surface area contributed by atoms with Gasteiger partial charge in [0.15, 0.2) is 0 Å². The van der Waals surface area contributed by atoms with Crippen LogP contribution in [0.25, 0.3) is 0 Å². The van der Waals surface area contributed by atoms with E-state index in [4.69, 9.17) is 0 Å². The Kier molecular flexibility index (Phi) is 7.34. The Morgan fingerprint density at radius 2 is 1.48 bits per heavy atom. The predicted octanol–water partition coefficient (Wildman–Crippen LogP) is 8.31. The Hall–Kier alpha value is -0.170. The van der Waals surface area contributed by atoms with Gasteiger partial charge < -0.3 is 0 Å². The summed E-state index contributed by atoms with van der Waals surface area (Å²) in [5.41, 5.74) is 1.26. The minimum absolute atomic E-state index is 0.593. The standard InChI is InChI=1S/C20H36.C4H6S/c1-14-7-6-11-20(5)12-10-17-15(2)8-9-16(13-18(14)20)19(17,3)4;1-3-5-4-2/h14-18H,6-13H2,1-5H3;3-4H,1-2H2/t14-,15-,16+,17+,18-,20+;/m1./s1. The van der Waals surface area contributed by atoms with Crippen molar-refractivity contribution in [3.8, 4) is 0 Å². The van der Waals surface area contributed by atoms with Gasteiger partial charge in [0, 0.05) is 0 Å². The van der Waals surface area contributed by atoms with E-state index < -0.39 is 0 Å². The summed E-state index contributed by atoms with van der Waals surface area (Å²) in [6, 6.07) is 0. The normalized spacial score (nSPS) is 42.7. The predicted molar refractivity (Wildman–Crippen MR) is 116 cm³/mol. The lowest BCUT2D eigenvalue weighted by molar-refractivity contribution is -0.0692. The van der Waals surface area contributed by atoms with Crippen LogP contribution < -0.4 is 0 Å². The molecule has 0 aromatic rings. The third kappa shape index (κ3) is 4.57. The average Bonchev–Trinajstić information content (AvgIpc) is 2.53. The van der Waals surface area contributed by atoms with Crippen molar-refractivity contribution < 1.29 is 0 Å². The molecule has 2 bridgehead atoms. The van der Waals surface area contributed by atoms with Gasteiger partial charge in [-0.3, -0.25) is 0 Å². The Morgan fingerprint density at radius 3 is 2.08 bits per heavy atom. The van der Waals surface area contributed by atoms with Crippen LogP contribution in [0.5, 0.6) is 0 Å². The van der Waals surface area contributed by atoms with Crippen molar-refractivity contribution in [2.45, 2.75) is 86.0 Å². The molecule has 0 radical (unpaired) electrons. The fourth-order valence-electron chi connectivity index (χ4n) is 6.74. The van der Waals surface area contributed by atoms with Gasteiger partial charge in [-0.15, -0.1) is 11.8 Å². The van der Waals surface area contributed by atoms with Gasteiger partial charge >= 0.3 is 0 Å². The third-order valence-electron chi connectivity index (χ3n) is 8.41. The highest BCUT2D eigenvalue weighted by atomic mass is 32.2. The van der Waals surface area contributed by atoms with Crippen LogP contribution in [0.3, 0.4) is 0 Å². The highest BCUT2D eigenvalue weighted by Gasteiger charge is 2.50. The molecule has 0 aliphatic heterocycles. The molecule has 25 heavy (non-hydrogen) atoms. The van der Waals surface area contributed by atoms with E-state index in [0.29, 0.717) is 10.8 Å². The summed E-state index contributed by atoms with van der Waals surface area (Å²) >= 11 is 1.49. The molecule has 1 heteroatoms. The quantitative estimate of drug-likeness (QED) is 0.476. The van der Waals surface area contributed by atoms with E-state index in [2.05, 4.69) is 47.8 Å². The SMILES string of the molecule is C=CSC=C.C[C@@H]1CCC[C@@]2(C)CC[C@H]3[C@H](C)CC[C@@H](C[C@H]12)C3(C)C. The molecule has 0 unspecified atom stereocenters. The highest BCUT2D eigenvalue weighted by Crippen LogP contribution is 2.60. The first kappa shape index (κ1) is 21.1. The fraction of sp³-hybridized carbons (Fsp3) is 0.833. The average molecular weight is 363 g/mol. The summed E-state index contributed by atoms with van der Waals surface area (Å²) in [7, 11) is 0. The van der Waals surface area contributed by atoms with Crippen molar-refractivity contribution in [2.75, 3.05) is 0 Å². The number of hydrogen-bond acceptors (Lipinski definition) is 1. The third-order valence-corrected chi connectivity index (χ3v) is 8.80. The molecule has 0 spiro atoms. The molecule has 3 rings (SSSR count). The second-order valence-corrected chi connectivity index (χ2v) is 11.0. The molecule has 0 aromatic carbocycles. The van der Waals surface area contributed by atoms with Gasteiger partial charge in [0.1, 0.15) is 0 Å². The summed E-state index contributed by atoms with van der Waals surface area (Å²) in [6.07, 6.45) is 12.0. The molecule has 0 nitrogen and oxygen atoms in total. The summed E-state index contributed by atoms with van der Waals surface area (Å²) in [5.74, 6) is 4.92. The Labute approximate surface area is 162 Å². The van der Waals surface area contributed by atoms with E-state index in [1.807, 2.05) is 0 Å². The van der Waals surface area contributed by atoms with Crippen molar-refractivity contribution in [3.63, 3.8) is 0 Å². The zero-order chi connectivity index (χ0) is 18.7. The summed E-state index contributed by atoms with van der Waals surface area (Å²) in [4.78, 5) is 0. The van der Waals surface area contributed by atoms with Gasteiger partial charge in [-0.1, -0.05) is 67.0 Å². The molecule has 0 amide bonds. The lowest BCUT2D eigenvalue weighted by Crippen LogP contribution is -2.48. The van der Waals surface area contributed by atoms with E-state index in [1.54, 1.807) is 10.8 Å². The Bertz CT molecular complexity index is 445. The van der Waals surface area contributed by atoms with Crippen molar-refractivity contribution in [3.05, 3.63) is 24.0 Å². The van der Waals surface area contributed by atoms with Crippen LogP contribution in [0.15, 0.2) is 24.0 Å². The molecule has 3 aliphatic rings. The van der Waals surface area contributed by atoms with Crippen LogP contribution in [-0.4, -0.2) is 0 Å². The first-order chi connectivity index (χ1) is 11.8. The molecule has 3 aliphatic carbocycles. The van der Waals surface area contributed by atoms with E-state index in [9.17, 15) is 0 Å². The lowest BCUT2D eigenvalue weighted by Gasteiger charge is -2.57. The second-order valence-electron chi connectivity index (χ2n) is 10.1. The van der Waals surface area contributed by atoms with Gasteiger partial charge in [0.2, 0.25) is 0 Å². The molecule has 3 fully saturated rings. The molecular weight excluding hydrogens is 320 g/mol. The van der Waals surface area contributed by atoms with Gasteiger partial charge in [0.05, 0.1) is 0 Å². The lowest BCUT2D eigenvalue weighted by atomic mass is 9.48. The molecule has 0 aromatic heterocycles. The molecule has 6 atom stereocenters. The van der Waals surface area contributed by atoms with Crippen molar-refractivity contribution >= 4 is 11.8 Å². The molecule has 3 saturated carbocycles. The number of hydrogen-bond donors (Lipinski definition) is 0. The largest absolute Gasteiger partial charge is 0.107 e. The Balaban J connectivity index is 0.000000399. The number of rotatable bonds is 2. The zero-order valence-corrected chi connectivity index (χ0v) is 18.3. The summed E-state index contributed by atoms with van der Waals surface area (Å²) < 4.78 is 0. The van der Waals surface area contributed by atoms with Gasteiger partial charge in [-0.25, -0.2) is 0 Å². The van der Waals surface area contributed by atoms with Crippen molar-refractivity contribution in [1.29, 1.82) is 0 Å². The maximum atomic E-state index is 3.44. The van der Waals surface area contributed by atoms with Crippen LogP contribution in [0.2, 0.25) is 0 Å². The minimum Gasteiger partial charge on any atom is -0.107 e. The summed E-state index contributed by atoms with van der Waals surface area (Å²) in [5, 5.41) is 3.46. The second kappa shape index (κ2) is 8.68. The van der Waals surface area contributed by atoms with E-state index in [-0.39, 0.29) is 0 Å². The molecule has 144 valence electrons. The minimum atomic E-state index is 0.593. The van der Waals surface area contributed by atoms with E-state index in [1.165, 1.54) is 63.1 Å². The first-order valence-corrected chi connectivity index (χ1v) is 11.6. The van der Waals surface area contributed by atoms with Crippen LogP contribution in [0.4, 0.5) is 0 Å². The van der Waals surface area contributed by atoms with Crippen molar-refractivity contribution in [2.24, 2.45) is 40.4 Å². The van der Waals surface area contributed by atoms with Crippen LogP contribution in [-0.2, 0) is 0 Å². The van der Waals surface area contributed by atoms with Crippen molar-refractivity contribution in [1.82, 2.24) is 0 Å². The monoisotopic (exact) mass is 362 g/mol. The Morgan fingerprint density at radius 1 is 0.840 bits per heavy atom. The van der Waals surface area contributed by atoms with Gasteiger partial charge in [-0.2, -0.15) is 0 Å². The zero-order valence-electron chi connectivity index (χ0n) is 17.5. The van der Waals surface area contributed by atoms with Crippen LogP contribution in [0.1, 0.15) is 86.0 Å². The summed E-state index contributed by atoms with van der Waals surface area (Å²) in [6.45, 7) is 19.8. The van der Waals surface area contributed by atoms with Gasteiger partial charge in [0.25, 0.3) is 0 Å². The van der Waals surface area contributed by atoms with Crippen LogP contribution >= 0.6 is 11.8 Å².